The molecule has 0 spiro atoms. The first-order chi connectivity index (χ1) is 12.2. The third kappa shape index (κ3) is 3.60. The Hall–Kier alpha value is -2.36. The van der Waals surface area contributed by atoms with E-state index in [2.05, 4.69) is 11.1 Å². The average molecular weight is 350 g/mol. The fourth-order valence-corrected chi connectivity index (χ4v) is 2.71. The number of pyridine rings is 1. The molecular formula is C20H23BN2O3. The van der Waals surface area contributed by atoms with Crippen molar-refractivity contribution in [3.8, 4) is 11.8 Å². The molecule has 1 aliphatic heterocycles. The molecule has 1 aromatic heterocycles. The van der Waals surface area contributed by atoms with E-state index < -0.39 is 18.3 Å². The van der Waals surface area contributed by atoms with Crippen LogP contribution in [0.25, 0.3) is 0 Å². The molecule has 0 N–H and O–H groups in total. The monoisotopic (exact) mass is 350 g/mol. The molecule has 0 bridgehead atoms. The standard InChI is InChI=1S/C20H23BN2O3/c1-14-8-15(10-22)6-7-16(14)13-24-18-9-17(11-23-12-18)21-25-19(2,3)20(4,5)26-21/h6-9,11-12H,13H2,1-5H3. The highest BCUT2D eigenvalue weighted by molar-refractivity contribution is 6.62. The summed E-state index contributed by atoms with van der Waals surface area (Å²) in [5.41, 5.74) is 2.75. The van der Waals surface area contributed by atoms with Crippen LogP contribution in [0, 0.1) is 18.3 Å². The second-order valence-corrected chi connectivity index (χ2v) is 7.58. The van der Waals surface area contributed by atoms with E-state index in [9.17, 15) is 0 Å². The van der Waals surface area contributed by atoms with Crippen LogP contribution in [0.4, 0.5) is 0 Å². The van der Waals surface area contributed by atoms with Gasteiger partial charge in [-0.15, -0.1) is 0 Å². The summed E-state index contributed by atoms with van der Waals surface area (Å²) in [7, 11) is -0.465. The number of nitriles is 1. The van der Waals surface area contributed by atoms with E-state index in [0.717, 1.165) is 16.6 Å². The highest BCUT2D eigenvalue weighted by Crippen LogP contribution is 2.36. The van der Waals surface area contributed by atoms with Gasteiger partial charge in [-0.1, -0.05) is 6.07 Å². The molecule has 2 heterocycles. The van der Waals surface area contributed by atoms with Gasteiger partial charge in [0.05, 0.1) is 29.0 Å². The Balaban J connectivity index is 1.72. The molecule has 0 aliphatic carbocycles. The molecule has 2 aromatic rings. The van der Waals surface area contributed by atoms with Crippen molar-refractivity contribution in [2.45, 2.75) is 52.4 Å². The Morgan fingerprint density at radius 3 is 2.42 bits per heavy atom. The highest BCUT2D eigenvalue weighted by Gasteiger charge is 2.51. The molecule has 3 rings (SSSR count). The Labute approximate surface area is 155 Å². The van der Waals surface area contributed by atoms with Gasteiger partial charge in [-0.3, -0.25) is 4.98 Å². The predicted molar refractivity (Wildman–Crippen MR) is 100 cm³/mol. The topological polar surface area (TPSA) is 64.4 Å². The second kappa shape index (κ2) is 6.75. The summed E-state index contributed by atoms with van der Waals surface area (Å²) in [6, 6.07) is 9.61. The molecule has 26 heavy (non-hydrogen) atoms. The van der Waals surface area contributed by atoms with Crippen molar-refractivity contribution in [1.82, 2.24) is 4.98 Å². The molecule has 0 radical (unpaired) electrons. The van der Waals surface area contributed by atoms with Crippen molar-refractivity contribution in [3.63, 3.8) is 0 Å². The molecular weight excluding hydrogens is 327 g/mol. The number of hydrogen-bond donors (Lipinski definition) is 0. The van der Waals surface area contributed by atoms with Crippen molar-refractivity contribution in [2.75, 3.05) is 0 Å². The van der Waals surface area contributed by atoms with Gasteiger partial charge in [-0.25, -0.2) is 0 Å². The first-order valence-corrected chi connectivity index (χ1v) is 8.65. The third-order valence-corrected chi connectivity index (χ3v) is 5.13. The van der Waals surface area contributed by atoms with Gasteiger partial charge in [0.25, 0.3) is 0 Å². The maximum absolute atomic E-state index is 8.96. The van der Waals surface area contributed by atoms with Crippen LogP contribution in [-0.4, -0.2) is 23.3 Å². The number of hydrogen-bond acceptors (Lipinski definition) is 5. The van der Waals surface area contributed by atoms with Crippen molar-refractivity contribution in [2.24, 2.45) is 0 Å². The largest absolute Gasteiger partial charge is 0.496 e. The number of benzene rings is 1. The van der Waals surface area contributed by atoms with Crippen LogP contribution in [0.5, 0.6) is 5.75 Å². The summed E-state index contributed by atoms with van der Waals surface area (Å²) in [5, 5.41) is 8.96. The fourth-order valence-electron chi connectivity index (χ4n) is 2.71. The molecule has 0 atom stereocenters. The van der Waals surface area contributed by atoms with E-state index in [0.29, 0.717) is 17.9 Å². The highest BCUT2D eigenvalue weighted by atomic mass is 16.7. The number of ether oxygens (including phenoxy) is 1. The third-order valence-electron chi connectivity index (χ3n) is 5.13. The van der Waals surface area contributed by atoms with Crippen LogP contribution in [0.15, 0.2) is 36.7 Å². The Morgan fingerprint density at radius 2 is 1.81 bits per heavy atom. The Kier molecular flexibility index (Phi) is 4.79. The number of aromatic nitrogens is 1. The average Bonchev–Trinajstić information content (AvgIpc) is 2.82. The summed E-state index contributed by atoms with van der Waals surface area (Å²) < 4.78 is 18.0. The molecule has 134 valence electrons. The van der Waals surface area contributed by atoms with Gasteiger partial charge >= 0.3 is 7.12 Å². The zero-order valence-electron chi connectivity index (χ0n) is 15.9. The lowest BCUT2D eigenvalue weighted by Crippen LogP contribution is -2.41. The fraction of sp³-hybridized carbons (Fsp3) is 0.400. The molecule has 0 amide bonds. The summed E-state index contributed by atoms with van der Waals surface area (Å²) in [6.07, 6.45) is 3.41. The summed E-state index contributed by atoms with van der Waals surface area (Å²) in [4.78, 5) is 4.26. The van der Waals surface area contributed by atoms with Crippen molar-refractivity contribution in [1.29, 1.82) is 5.26 Å². The minimum absolute atomic E-state index is 0.395. The maximum atomic E-state index is 8.96. The van der Waals surface area contributed by atoms with Crippen LogP contribution in [0.1, 0.15) is 44.4 Å². The van der Waals surface area contributed by atoms with Crippen molar-refractivity contribution < 1.29 is 14.0 Å². The number of nitrogens with zero attached hydrogens (tertiary/aromatic N) is 2. The summed E-state index contributed by atoms with van der Waals surface area (Å²) in [6.45, 7) is 10.5. The Morgan fingerprint density at radius 1 is 1.12 bits per heavy atom. The molecule has 1 fully saturated rings. The zero-order valence-corrected chi connectivity index (χ0v) is 15.9. The summed E-state index contributed by atoms with van der Waals surface area (Å²) in [5.74, 6) is 0.654. The lowest BCUT2D eigenvalue weighted by Gasteiger charge is -2.32. The summed E-state index contributed by atoms with van der Waals surface area (Å²) >= 11 is 0. The van der Waals surface area contributed by atoms with Crippen LogP contribution in [0.2, 0.25) is 0 Å². The van der Waals surface area contributed by atoms with Gasteiger partial charge < -0.3 is 14.0 Å². The predicted octanol–water partition coefficient (Wildman–Crippen LogP) is 3.14. The smallest absolute Gasteiger partial charge is 0.487 e. The van der Waals surface area contributed by atoms with Crippen LogP contribution in [0.3, 0.4) is 0 Å². The van der Waals surface area contributed by atoms with E-state index >= 15 is 0 Å². The molecule has 0 saturated carbocycles. The molecule has 5 nitrogen and oxygen atoms in total. The van der Waals surface area contributed by atoms with Gasteiger partial charge in [0.1, 0.15) is 12.4 Å². The van der Waals surface area contributed by atoms with Crippen LogP contribution >= 0.6 is 0 Å². The molecule has 6 heteroatoms. The van der Waals surface area contributed by atoms with Gasteiger partial charge in [0.15, 0.2) is 0 Å². The quantitative estimate of drug-likeness (QED) is 0.793. The lowest BCUT2D eigenvalue weighted by molar-refractivity contribution is 0.00578. The molecule has 1 aliphatic rings. The van der Waals surface area contributed by atoms with E-state index in [1.807, 2.05) is 52.8 Å². The van der Waals surface area contributed by atoms with Gasteiger partial charge in [-0.05, 0) is 63.9 Å². The molecule has 0 unspecified atom stereocenters. The normalized spacial score (nSPS) is 17.8. The van der Waals surface area contributed by atoms with E-state index in [1.54, 1.807) is 18.5 Å². The SMILES string of the molecule is Cc1cc(C#N)ccc1COc1cncc(B2OC(C)(C)C(C)(C)O2)c1. The van der Waals surface area contributed by atoms with E-state index in [1.165, 1.54) is 0 Å². The van der Waals surface area contributed by atoms with Gasteiger partial charge in [0, 0.05) is 11.7 Å². The van der Waals surface area contributed by atoms with Crippen LogP contribution < -0.4 is 10.2 Å². The second-order valence-electron chi connectivity index (χ2n) is 7.58. The van der Waals surface area contributed by atoms with Crippen molar-refractivity contribution >= 4 is 12.6 Å². The van der Waals surface area contributed by atoms with Crippen LogP contribution in [-0.2, 0) is 15.9 Å². The van der Waals surface area contributed by atoms with Crippen molar-refractivity contribution in [3.05, 3.63) is 53.3 Å². The van der Waals surface area contributed by atoms with Gasteiger partial charge in [-0.2, -0.15) is 5.26 Å². The first kappa shape index (κ1) is 18.4. The van der Waals surface area contributed by atoms with E-state index in [-0.39, 0.29) is 0 Å². The number of aryl methyl sites for hydroxylation is 1. The van der Waals surface area contributed by atoms with Gasteiger partial charge in [0.2, 0.25) is 0 Å². The lowest BCUT2D eigenvalue weighted by atomic mass is 9.80. The zero-order chi connectivity index (χ0) is 18.9. The first-order valence-electron chi connectivity index (χ1n) is 8.65. The number of rotatable bonds is 4. The molecule has 1 saturated heterocycles. The maximum Gasteiger partial charge on any atom is 0.496 e. The van der Waals surface area contributed by atoms with E-state index in [4.69, 9.17) is 19.3 Å². The minimum Gasteiger partial charge on any atom is -0.487 e. The Bertz CT molecular complexity index is 842. The minimum atomic E-state index is -0.465. The molecule has 1 aromatic carbocycles.